The van der Waals surface area contributed by atoms with Crippen LogP contribution in [0.15, 0.2) is 0 Å². The van der Waals surface area contributed by atoms with E-state index in [1.165, 1.54) is 0 Å². The minimum absolute atomic E-state index is 0.204. The van der Waals surface area contributed by atoms with E-state index in [-0.39, 0.29) is 25.7 Å². The number of cyclic esters (lactones) is 4. The summed E-state index contributed by atoms with van der Waals surface area (Å²) >= 11 is 0. The van der Waals surface area contributed by atoms with Gasteiger partial charge in [0.05, 0.1) is 25.7 Å². The largest absolute Gasteiger partial charge is 0.428 e. The van der Waals surface area contributed by atoms with Gasteiger partial charge in [-0.15, -0.1) is 0 Å². The summed E-state index contributed by atoms with van der Waals surface area (Å²) < 4.78 is 18.1. The van der Waals surface area contributed by atoms with Crippen molar-refractivity contribution in [1.82, 2.24) is 0 Å². The molecule has 0 amide bonds. The molecule has 0 aromatic heterocycles. The van der Waals surface area contributed by atoms with Crippen LogP contribution in [0.4, 0.5) is 0 Å². The molecule has 1 heterocycles. The quantitative estimate of drug-likeness (QED) is 0.544. The predicted octanol–water partition coefficient (Wildman–Crippen LogP) is -0.352. The van der Waals surface area contributed by atoms with Crippen LogP contribution < -0.4 is 0 Å². The van der Waals surface area contributed by atoms with Gasteiger partial charge in [-0.3, -0.25) is 19.2 Å². The van der Waals surface area contributed by atoms with Gasteiger partial charge in [-0.05, 0) is 0 Å². The molecule has 8 nitrogen and oxygen atoms in total. The SMILES string of the molecule is O=C1CCC(=O)OCOC(=O)CCC(=O)OCO1. The van der Waals surface area contributed by atoms with Gasteiger partial charge in [-0.2, -0.15) is 0 Å². The lowest BCUT2D eigenvalue weighted by Gasteiger charge is -2.09. The Kier molecular flexibility index (Phi) is 5.62. The second kappa shape index (κ2) is 7.25. The fourth-order valence-corrected chi connectivity index (χ4v) is 1.02. The topological polar surface area (TPSA) is 105 Å². The molecule has 1 saturated heterocycles. The summed E-state index contributed by atoms with van der Waals surface area (Å²) in [6, 6.07) is 0. The minimum atomic E-state index is -0.686. The lowest BCUT2D eigenvalue weighted by molar-refractivity contribution is -0.175. The van der Waals surface area contributed by atoms with Crippen molar-refractivity contribution in [2.24, 2.45) is 0 Å². The maximum absolute atomic E-state index is 11.1. The third kappa shape index (κ3) is 5.83. The first-order valence-electron chi connectivity index (χ1n) is 5.20. The highest BCUT2D eigenvalue weighted by atomic mass is 16.7. The summed E-state index contributed by atoms with van der Waals surface area (Å²) in [6.45, 7) is -1.08. The minimum Gasteiger partial charge on any atom is -0.428 e. The van der Waals surface area contributed by atoms with E-state index in [9.17, 15) is 19.2 Å². The van der Waals surface area contributed by atoms with E-state index >= 15 is 0 Å². The Labute approximate surface area is 102 Å². The predicted molar refractivity (Wildman–Crippen MR) is 52.6 cm³/mol. The van der Waals surface area contributed by atoms with Crippen molar-refractivity contribution in [3.63, 3.8) is 0 Å². The zero-order valence-electron chi connectivity index (χ0n) is 9.51. The number of carbonyl (C=O) groups is 4. The molecule has 0 aromatic rings. The molecule has 0 radical (unpaired) electrons. The van der Waals surface area contributed by atoms with Crippen molar-refractivity contribution in [2.45, 2.75) is 25.7 Å². The third-order valence-electron chi connectivity index (χ3n) is 1.95. The standard InChI is InChI=1S/C10H12O8/c11-7-1-2-8(12)16-6-18-10(14)4-3-9(13)17-5-15-7/h1-6H2. The van der Waals surface area contributed by atoms with E-state index in [4.69, 9.17) is 0 Å². The van der Waals surface area contributed by atoms with Gasteiger partial charge in [0.25, 0.3) is 0 Å². The Hall–Kier alpha value is -2.12. The fraction of sp³-hybridized carbons (Fsp3) is 0.600. The van der Waals surface area contributed by atoms with Gasteiger partial charge in [0, 0.05) is 0 Å². The molecule has 0 bridgehead atoms. The molecule has 0 saturated carbocycles. The second-order valence-corrected chi connectivity index (χ2v) is 3.30. The van der Waals surface area contributed by atoms with Gasteiger partial charge in [0.1, 0.15) is 0 Å². The van der Waals surface area contributed by atoms with Gasteiger partial charge in [0.15, 0.2) is 0 Å². The van der Waals surface area contributed by atoms with Crippen LogP contribution in [-0.4, -0.2) is 37.5 Å². The zero-order chi connectivity index (χ0) is 13.4. The molecule has 8 heteroatoms. The van der Waals surface area contributed by atoms with Gasteiger partial charge in [0.2, 0.25) is 13.6 Å². The van der Waals surface area contributed by atoms with Crippen molar-refractivity contribution in [1.29, 1.82) is 0 Å². The van der Waals surface area contributed by atoms with E-state index in [1.807, 2.05) is 0 Å². The average molecular weight is 260 g/mol. The van der Waals surface area contributed by atoms with Crippen LogP contribution in [0.3, 0.4) is 0 Å². The molecule has 1 aliphatic rings. The van der Waals surface area contributed by atoms with Crippen LogP contribution in [0, 0.1) is 0 Å². The zero-order valence-corrected chi connectivity index (χ0v) is 9.51. The van der Waals surface area contributed by atoms with Crippen LogP contribution in [0.1, 0.15) is 25.7 Å². The molecule has 0 atom stereocenters. The molecular weight excluding hydrogens is 248 g/mol. The first kappa shape index (κ1) is 13.9. The maximum Gasteiger partial charge on any atom is 0.309 e. The lowest BCUT2D eigenvalue weighted by Crippen LogP contribution is -2.18. The number of hydrogen-bond acceptors (Lipinski definition) is 8. The number of carbonyl (C=O) groups excluding carboxylic acids is 4. The van der Waals surface area contributed by atoms with Crippen LogP contribution in [-0.2, 0) is 38.1 Å². The van der Waals surface area contributed by atoms with Crippen LogP contribution in [0.25, 0.3) is 0 Å². The summed E-state index contributed by atoms with van der Waals surface area (Å²) in [4.78, 5) is 44.2. The van der Waals surface area contributed by atoms with Crippen molar-refractivity contribution < 1.29 is 38.1 Å². The summed E-state index contributed by atoms with van der Waals surface area (Å²) in [5, 5.41) is 0. The molecule has 0 spiro atoms. The molecule has 1 aliphatic heterocycles. The van der Waals surface area contributed by atoms with E-state index in [1.54, 1.807) is 0 Å². The Balaban J connectivity index is 2.46. The Morgan fingerprint density at radius 3 is 0.944 bits per heavy atom. The Bertz CT molecular complexity index is 282. The number of rotatable bonds is 0. The van der Waals surface area contributed by atoms with Crippen LogP contribution >= 0.6 is 0 Å². The first-order valence-corrected chi connectivity index (χ1v) is 5.20. The summed E-state index contributed by atoms with van der Waals surface area (Å²) in [7, 11) is 0. The fourth-order valence-electron chi connectivity index (χ4n) is 1.02. The van der Waals surface area contributed by atoms with E-state index < -0.39 is 37.5 Å². The molecule has 100 valence electrons. The smallest absolute Gasteiger partial charge is 0.309 e. The van der Waals surface area contributed by atoms with Gasteiger partial charge in [-0.25, -0.2) is 0 Å². The monoisotopic (exact) mass is 260 g/mol. The molecule has 1 fully saturated rings. The molecule has 18 heavy (non-hydrogen) atoms. The van der Waals surface area contributed by atoms with Gasteiger partial charge in [-0.1, -0.05) is 0 Å². The number of hydrogen-bond donors (Lipinski definition) is 0. The summed E-state index contributed by atoms with van der Waals surface area (Å²) in [5.41, 5.74) is 0. The van der Waals surface area contributed by atoms with Crippen molar-refractivity contribution in [3.05, 3.63) is 0 Å². The summed E-state index contributed by atoms with van der Waals surface area (Å²) in [5.74, 6) is -2.75. The molecule has 1 rings (SSSR count). The van der Waals surface area contributed by atoms with Crippen LogP contribution in [0.2, 0.25) is 0 Å². The van der Waals surface area contributed by atoms with Crippen molar-refractivity contribution in [2.75, 3.05) is 13.6 Å². The van der Waals surface area contributed by atoms with Crippen molar-refractivity contribution in [3.8, 4) is 0 Å². The van der Waals surface area contributed by atoms with Gasteiger partial charge >= 0.3 is 23.9 Å². The molecule has 0 N–H and O–H groups in total. The van der Waals surface area contributed by atoms with E-state index in [2.05, 4.69) is 18.9 Å². The highest BCUT2D eigenvalue weighted by Gasteiger charge is 2.14. The highest BCUT2D eigenvalue weighted by Crippen LogP contribution is 2.01. The van der Waals surface area contributed by atoms with E-state index in [0.29, 0.717) is 0 Å². The van der Waals surface area contributed by atoms with Gasteiger partial charge < -0.3 is 18.9 Å². The molecule has 0 aromatic carbocycles. The maximum atomic E-state index is 11.1. The van der Waals surface area contributed by atoms with E-state index in [0.717, 1.165) is 0 Å². The lowest BCUT2D eigenvalue weighted by atomic mass is 10.3. The molecule has 0 unspecified atom stereocenters. The molecule has 0 aliphatic carbocycles. The van der Waals surface area contributed by atoms with Crippen molar-refractivity contribution >= 4 is 23.9 Å². The Morgan fingerprint density at radius 1 is 0.500 bits per heavy atom. The molecular formula is C10H12O8. The summed E-state index contributed by atoms with van der Waals surface area (Å²) in [6.07, 6.45) is -0.816. The van der Waals surface area contributed by atoms with Crippen LogP contribution in [0.5, 0.6) is 0 Å². The Morgan fingerprint density at radius 2 is 0.722 bits per heavy atom. The highest BCUT2D eigenvalue weighted by molar-refractivity contribution is 5.79. The normalized spacial score (nSPS) is 20.0. The first-order chi connectivity index (χ1) is 8.58. The number of esters is 4. The number of ether oxygens (including phenoxy) is 4. The third-order valence-corrected chi connectivity index (χ3v) is 1.95. The average Bonchev–Trinajstić information content (AvgIpc) is 2.33. The second-order valence-electron chi connectivity index (χ2n) is 3.30.